The third-order valence-corrected chi connectivity index (χ3v) is 3.89. The molecular formula is C11H15NOS. The molecule has 1 aliphatic heterocycles. The second-order valence-corrected chi connectivity index (χ2v) is 5.15. The van der Waals surface area contributed by atoms with Gasteiger partial charge in [-0.2, -0.15) is 0 Å². The van der Waals surface area contributed by atoms with E-state index in [4.69, 9.17) is 0 Å². The van der Waals surface area contributed by atoms with Crippen LogP contribution < -0.4 is 5.32 Å². The zero-order valence-corrected chi connectivity index (χ0v) is 9.14. The molecule has 1 aliphatic rings. The molecule has 0 saturated carbocycles. The summed E-state index contributed by atoms with van der Waals surface area (Å²) in [6, 6.07) is 4.46. The Labute approximate surface area is 88.3 Å². The number of carbonyl (C=O) groups excluding carboxylic acids is 1. The lowest BCUT2D eigenvalue weighted by Gasteiger charge is -2.26. The lowest BCUT2D eigenvalue weighted by Crippen LogP contribution is -2.31. The Morgan fingerprint density at radius 1 is 1.50 bits per heavy atom. The van der Waals surface area contributed by atoms with Crippen molar-refractivity contribution in [3.63, 3.8) is 0 Å². The Kier molecular flexibility index (Phi) is 2.99. The Bertz CT molecular complexity index is 313. The van der Waals surface area contributed by atoms with Crippen LogP contribution in [0.1, 0.15) is 40.4 Å². The molecule has 2 heterocycles. The first-order valence-corrected chi connectivity index (χ1v) is 5.89. The van der Waals surface area contributed by atoms with E-state index in [1.165, 1.54) is 17.7 Å². The number of carbonyl (C=O) groups is 1. The number of rotatable bonds is 2. The van der Waals surface area contributed by atoms with E-state index in [0.717, 1.165) is 23.6 Å². The fourth-order valence-corrected chi connectivity index (χ4v) is 2.80. The number of thiophene rings is 1. The smallest absolute Gasteiger partial charge is 0.160 e. The van der Waals surface area contributed by atoms with Crippen LogP contribution >= 0.6 is 11.3 Å². The molecule has 0 aromatic carbocycles. The van der Waals surface area contributed by atoms with Crippen LogP contribution in [0.25, 0.3) is 0 Å². The van der Waals surface area contributed by atoms with Crippen molar-refractivity contribution in [2.24, 2.45) is 5.92 Å². The van der Waals surface area contributed by atoms with Gasteiger partial charge >= 0.3 is 0 Å². The largest absolute Gasteiger partial charge is 0.309 e. The van der Waals surface area contributed by atoms with E-state index in [9.17, 15) is 4.79 Å². The molecule has 2 rings (SSSR count). The normalized spacial score (nSPS) is 27.5. The number of nitrogens with one attached hydrogen (secondary N) is 1. The molecule has 0 aliphatic carbocycles. The van der Waals surface area contributed by atoms with Gasteiger partial charge in [0.05, 0.1) is 4.88 Å². The first kappa shape index (κ1) is 9.87. The van der Waals surface area contributed by atoms with Crippen LogP contribution in [-0.4, -0.2) is 12.8 Å². The summed E-state index contributed by atoms with van der Waals surface area (Å²) in [5, 5.41) is 3.52. The maximum Gasteiger partial charge on any atom is 0.160 e. The standard InChI is InChI=1S/C11H15NOS/c1-8-2-4-10(12-6-8)11-5-3-9(7-13)14-11/h3,5,7-8,10,12H,2,4,6H2,1H3. The summed E-state index contributed by atoms with van der Waals surface area (Å²) in [6.45, 7) is 3.37. The van der Waals surface area contributed by atoms with Gasteiger partial charge in [0.1, 0.15) is 0 Å². The number of hydrogen-bond acceptors (Lipinski definition) is 3. The summed E-state index contributed by atoms with van der Waals surface area (Å²) in [4.78, 5) is 12.7. The fraction of sp³-hybridized carbons (Fsp3) is 0.545. The molecule has 3 heteroatoms. The number of aldehydes is 1. The van der Waals surface area contributed by atoms with Crippen molar-refractivity contribution in [2.45, 2.75) is 25.8 Å². The fourth-order valence-electron chi connectivity index (χ4n) is 1.86. The summed E-state index contributed by atoms with van der Waals surface area (Å²) >= 11 is 1.61. The molecule has 0 spiro atoms. The molecule has 1 fully saturated rings. The highest BCUT2D eigenvalue weighted by Crippen LogP contribution is 2.29. The monoisotopic (exact) mass is 209 g/mol. The van der Waals surface area contributed by atoms with Crippen molar-refractivity contribution in [1.82, 2.24) is 5.32 Å². The summed E-state index contributed by atoms with van der Waals surface area (Å²) in [6.07, 6.45) is 3.41. The Morgan fingerprint density at radius 2 is 2.36 bits per heavy atom. The average Bonchev–Trinajstić information content (AvgIpc) is 2.67. The van der Waals surface area contributed by atoms with E-state index in [1.807, 2.05) is 6.07 Å². The van der Waals surface area contributed by atoms with Gasteiger partial charge < -0.3 is 5.32 Å². The molecule has 0 bridgehead atoms. The molecule has 2 nitrogen and oxygen atoms in total. The molecule has 1 saturated heterocycles. The van der Waals surface area contributed by atoms with Gasteiger partial charge in [0.25, 0.3) is 0 Å². The van der Waals surface area contributed by atoms with Crippen molar-refractivity contribution in [1.29, 1.82) is 0 Å². The van der Waals surface area contributed by atoms with Gasteiger partial charge in [-0.15, -0.1) is 11.3 Å². The van der Waals surface area contributed by atoms with E-state index in [-0.39, 0.29) is 0 Å². The van der Waals surface area contributed by atoms with E-state index in [1.54, 1.807) is 11.3 Å². The van der Waals surface area contributed by atoms with Crippen LogP contribution in [0.3, 0.4) is 0 Å². The molecule has 1 N–H and O–H groups in total. The lowest BCUT2D eigenvalue weighted by atomic mass is 9.96. The van der Waals surface area contributed by atoms with Gasteiger partial charge in [0.15, 0.2) is 6.29 Å². The van der Waals surface area contributed by atoms with E-state index in [2.05, 4.69) is 18.3 Å². The Balaban J connectivity index is 2.04. The minimum atomic E-state index is 0.477. The van der Waals surface area contributed by atoms with Gasteiger partial charge in [-0.3, -0.25) is 4.79 Å². The maximum absolute atomic E-state index is 10.5. The highest BCUT2D eigenvalue weighted by Gasteiger charge is 2.19. The highest BCUT2D eigenvalue weighted by atomic mass is 32.1. The Hall–Kier alpha value is -0.670. The summed E-state index contributed by atoms with van der Waals surface area (Å²) < 4.78 is 0. The summed E-state index contributed by atoms with van der Waals surface area (Å²) in [7, 11) is 0. The third-order valence-electron chi connectivity index (χ3n) is 2.77. The number of hydrogen-bond donors (Lipinski definition) is 1. The predicted molar refractivity (Wildman–Crippen MR) is 58.8 cm³/mol. The minimum absolute atomic E-state index is 0.477. The van der Waals surface area contributed by atoms with Crippen molar-refractivity contribution in [2.75, 3.05) is 6.54 Å². The molecule has 2 unspecified atom stereocenters. The quantitative estimate of drug-likeness (QED) is 0.759. The summed E-state index contributed by atoms with van der Waals surface area (Å²) in [5.41, 5.74) is 0. The topological polar surface area (TPSA) is 29.1 Å². The van der Waals surface area contributed by atoms with Crippen LogP contribution in [0.15, 0.2) is 12.1 Å². The van der Waals surface area contributed by atoms with Crippen molar-refractivity contribution in [3.8, 4) is 0 Å². The summed E-state index contributed by atoms with van der Waals surface area (Å²) in [5.74, 6) is 0.789. The van der Waals surface area contributed by atoms with Gasteiger partial charge in [-0.25, -0.2) is 0 Å². The van der Waals surface area contributed by atoms with Gasteiger partial charge in [-0.05, 0) is 37.4 Å². The number of piperidine rings is 1. The van der Waals surface area contributed by atoms with Crippen LogP contribution in [-0.2, 0) is 0 Å². The predicted octanol–water partition coefficient (Wildman–Crippen LogP) is 2.62. The molecule has 1 aromatic heterocycles. The molecular weight excluding hydrogens is 194 g/mol. The average molecular weight is 209 g/mol. The van der Waals surface area contributed by atoms with Crippen molar-refractivity contribution >= 4 is 17.6 Å². The minimum Gasteiger partial charge on any atom is -0.309 e. The Morgan fingerprint density at radius 3 is 2.93 bits per heavy atom. The van der Waals surface area contributed by atoms with E-state index in [0.29, 0.717) is 6.04 Å². The van der Waals surface area contributed by atoms with Crippen LogP contribution in [0.2, 0.25) is 0 Å². The van der Waals surface area contributed by atoms with Gasteiger partial charge in [-0.1, -0.05) is 6.92 Å². The van der Waals surface area contributed by atoms with E-state index < -0.39 is 0 Å². The maximum atomic E-state index is 10.5. The molecule has 0 radical (unpaired) electrons. The zero-order chi connectivity index (χ0) is 9.97. The first-order valence-electron chi connectivity index (χ1n) is 5.08. The van der Waals surface area contributed by atoms with Crippen LogP contribution in [0.5, 0.6) is 0 Å². The van der Waals surface area contributed by atoms with Gasteiger partial charge in [0, 0.05) is 10.9 Å². The van der Waals surface area contributed by atoms with Crippen LogP contribution in [0, 0.1) is 5.92 Å². The first-order chi connectivity index (χ1) is 6.79. The molecule has 76 valence electrons. The van der Waals surface area contributed by atoms with Crippen molar-refractivity contribution in [3.05, 3.63) is 21.9 Å². The molecule has 14 heavy (non-hydrogen) atoms. The second-order valence-electron chi connectivity index (χ2n) is 4.00. The zero-order valence-electron chi connectivity index (χ0n) is 8.32. The third kappa shape index (κ3) is 2.04. The van der Waals surface area contributed by atoms with E-state index >= 15 is 0 Å². The highest BCUT2D eigenvalue weighted by molar-refractivity contribution is 7.13. The molecule has 0 amide bonds. The van der Waals surface area contributed by atoms with Crippen molar-refractivity contribution < 1.29 is 4.79 Å². The molecule has 2 atom stereocenters. The SMILES string of the molecule is CC1CCC(c2ccc(C=O)s2)NC1. The van der Waals surface area contributed by atoms with Crippen LogP contribution in [0.4, 0.5) is 0 Å². The molecule has 1 aromatic rings. The second kappa shape index (κ2) is 4.24. The van der Waals surface area contributed by atoms with Gasteiger partial charge in [0.2, 0.25) is 0 Å². The lowest BCUT2D eigenvalue weighted by molar-refractivity contribution is 0.112.